The lowest BCUT2D eigenvalue weighted by Gasteiger charge is -1.85. The summed E-state index contributed by atoms with van der Waals surface area (Å²) in [6.45, 7) is 5.86. The van der Waals surface area contributed by atoms with Gasteiger partial charge in [0.1, 0.15) is 0 Å². The van der Waals surface area contributed by atoms with Gasteiger partial charge >= 0.3 is 0 Å². The normalized spacial score (nSPS) is 6.86. The zero-order valence-corrected chi connectivity index (χ0v) is 5.84. The second-order valence-electron chi connectivity index (χ2n) is 1.53. The number of rotatable bonds is 0. The largest absolute Gasteiger partial charge is 0.344 e. The SMILES string of the molecule is CC(C)=C(C)Cl.N. The summed E-state index contributed by atoms with van der Waals surface area (Å²) >= 11 is 5.49. The van der Waals surface area contributed by atoms with Crippen molar-refractivity contribution in [2.24, 2.45) is 0 Å². The van der Waals surface area contributed by atoms with E-state index < -0.39 is 0 Å². The first-order valence-electron chi connectivity index (χ1n) is 1.94. The van der Waals surface area contributed by atoms with Crippen LogP contribution in [0.5, 0.6) is 0 Å². The Morgan fingerprint density at radius 1 is 1.14 bits per heavy atom. The van der Waals surface area contributed by atoms with Crippen LogP contribution in [-0.2, 0) is 0 Å². The predicted octanol–water partition coefficient (Wildman–Crippen LogP) is 2.70. The van der Waals surface area contributed by atoms with Crippen LogP contribution in [-0.4, -0.2) is 0 Å². The predicted molar refractivity (Wildman–Crippen MR) is 34.9 cm³/mol. The maximum atomic E-state index is 5.49. The van der Waals surface area contributed by atoms with Gasteiger partial charge in [0.15, 0.2) is 0 Å². The quantitative estimate of drug-likeness (QED) is 0.526. The molecule has 0 heterocycles. The second kappa shape index (κ2) is 4.16. The van der Waals surface area contributed by atoms with E-state index in [0.29, 0.717) is 0 Å². The first kappa shape index (κ1) is 10.1. The molecule has 0 aromatic heterocycles. The minimum atomic E-state index is 0. The average Bonchev–Trinajstić information content (AvgIpc) is 1.36. The third-order valence-corrected chi connectivity index (χ3v) is 1.07. The monoisotopic (exact) mass is 121 g/mol. The fraction of sp³-hybridized carbons (Fsp3) is 0.600. The molecular formula is C5H12ClN. The maximum absolute atomic E-state index is 5.49. The molecule has 2 heteroatoms. The van der Waals surface area contributed by atoms with Crippen LogP contribution in [0.2, 0.25) is 0 Å². The highest BCUT2D eigenvalue weighted by atomic mass is 35.5. The van der Waals surface area contributed by atoms with Crippen molar-refractivity contribution in [1.82, 2.24) is 6.15 Å². The van der Waals surface area contributed by atoms with E-state index >= 15 is 0 Å². The minimum Gasteiger partial charge on any atom is -0.344 e. The highest BCUT2D eigenvalue weighted by Crippen LogP contribution is 2.04. The van der Waals surface area contributed by atoms with E-state index in [1.165, 1.54) is 5.57 Å². The molecule has 1 nitrogen and oxygen atoms in total. The van der Waals surface area contributed by atoms with Gasteiger partial charge in [0.25, 0.3) is 0 Å². The minimum absolute atomic E-state index is 0. The van der Waals surface area contributed by atoms with Gasteiger partial charge in [0, 0.05) is 5.03 Å². The van der Waals surface area contributed by atoms with Crippen LogP contribution in [0.15, 0.2) is 10.6 Å². The Morgan fingerprint density at radius 3 is 1.29 bits per heavy atom. The van der Waals surface area contributed by atoms with Crippen LogP contribution in [0.25, 0.3) is 0 Å². The summed E-state index contributed by atoms with van der Waals surface area (Å²) < 4.78 is 0. The van der Waals surface area contributed by atoms with E-state index in [1.807, 2.05) is 20.8 Å². The van der Waals surface area contributed by atoms with Crippen LogP contribution in [0, 0.1) is 0 Å². The molecule has 0 aliphatic heterocycles. The zero-order valence-electron chi connectivity index (χ0n) is 5.09. The standard InChI is InChI=1S/C5H9Cl.H3N/c1-4(2)5(3)6;/h1-3H3;1H3. The Hall–Kier alpha value is -0.0100. The number of hydrogen-bond donors (Lipinski definition) is 1. The van der Waals surface area contributed by atoms with E-state index in [-0.39, 0.29) is 6.15 Å². The zero-order chi connectivity index (χ0) is 5.15. The Kier molecular flexibility index (Phi) is 5.98. The molecule has 0 unspecified atom stereocenters. The van der Waals surface area contributed by atoms with Crippen LogP contribution in [0.1, 0.15) is 20.8 Å². The van der Waals surface area contributed by atoms with Crippen LogP contribution in [0.3, 0.4) is 0 Å². The molecule has 7 heavy (non-hydrogen) atoms. The van der Waals surface area contributed by atoms with Gasteiger partial charge in [0.05, 0.1) is 0 Å². The third-order valence-electron chi connectivity index (χ3n) is 0.689. The first-order chi connectivity index (χ1) is 2.64. The van der Waals surface area contributed by atoms with Crippen LogP contribution in [0.4, 0.5) is 0 Å². The Morgan fingerprint density at radius 2 is 1.29 bits per heavy atom. The topological polar surface area (TPSA) is 35.0 Å². The van der Waals surface area contributed by atoms with Crippen molar-refractivity contribution in [3.8, 4) is 0 Å². The van der Waals surface area contributed by atoms with E-state index in [2.05, 4.69) is 0 Å². The van der Waals surface area contributed by atoms with Gasteiger partial charge in [-0.25, -0.2) is 0 Å². The fourth-order valence-electron chi connectivity index (χ4n) is 0. The molecule has 3 N–H and O–H groups in total. The molecule has 0 saturated heterocycles. The van der Waals surface area contributed by atoms with Gasteiger partial charge in [-0.2, -0.15) is 0 Å². The van der Waals surface area contributed by atoms with Crippen LogP contribution >= 0.6 is 11.6 Å². The summed E-state index contributed by atoms with van der Waals surface area (Å²) in [5.41, 5.74) is 1.19. The van der Waals surface area contributed by atoms with Gasteiger partial charge in [-0.05, 0) is 20.8 Å². The van der Waals surface area contributed by atoms with Crippen molar-refractivity contribution >= 4 is 11.6 Å². The smallest absolute Gasteiger partial charge is 0.0136 e. The van der Waals surface area contributed by atoms with E-state index in [4.69, 9.17) is 11.6 Å². The third kappa shape index (κ3) is 5.99. The summed E-state index contributed by atoms with van der Waals surface area (Å²) in [4.78, 5) is 0. The maximum Gasteiger partial charge on any atom is 0.0136 e. The lowest BCUT2D eigenvalue weighted by molar-refractivity contribution is 1.34. The molecule has 0 radical (unpaired) electrons. The number of halogens is 1. The summed E-state index contributed by atoms with van der Waals surface area (Å²) in [6.07, 6.45) is 0. The second-order valence-corrected chi connectivity index (χ2v) is 2.10. The van der Waals surface area contributed by atoms with Crippen molar-refractivity contribution < 1.29 is 0 Å². The van der Waals surface area contributed by atoms with E-state index in [1.54, 1.807) is 0 Å². The fourth-order valence-corrected chi connectivity index (χ4v) is 0. The molecule has 0 rings (SSSR count). The molecule has 0 aliphatic carbocycles. The van der Waals surface area contributed by atoms with Crippen molar-refractivity contribution in [3.05, 3.63) is 10.6 Å². The summed E-state index contributed by atoms with van der Waals surface area (Å²) in [6, 6.07) is 0. The van der Waals surface area contributed by atoms with Gasteiger partial charge in [-0.3, -0.25) is 0 Å². The molecule has 0 aromatic rings. The van der Waals surface area contributed by atoms with Gasteiger partial charge in [-0.1, -0.05) is 17.2 Å². The Bertz CT molecular complexity index is 58.1. The Balaban J connectivity index is 0. The first-order valence-corrected chi connectivity index (χ1v) is 2.32. The molecule has 0 aromatic carbocycles. The number of allylic oxidation sites excluding steroid dienone is 2. The highest BCUT2D eigenvalue weighted by molar-refractivity contribution is 6.29. The molecule has 0 amide bonds. The molecule has 0 atom stereocenters. The van der Waals surface area contributed by atoms with Crippen molar-refractivity contribution in [2.75, 3.05) is 0 Å². The number of hydrogen-bond acceptors (Lipinski definition) is 1. The molecular weight excluding hydrogens is 110 g/mol. The van der Waals surface area contributed by atoms with Gasteiger partial charge in [-0.15, -0.1) is 0 Å². The molecule has 0 spiro atoms. The summed E-state index contributed by atoms with van der Waals surface area (Å²) in [5, 5.41) is 0.898. The van der Waals surface area contributed by atoms with Crippen molar-refractivity contribution in [1.29, 1.82) is 0 Å². The molecule has 44 valence electrons. The van der Waals surface area contributed by atoms with E-state index in [0.717, 1.165) is 5.03 Å². The lowest BCUT2D eigenvalue weighted by atomic mass is 10.3. The Labute approximate surface area is 49.9 Å². The highest BCUT2D eigenvalue weighted by Gasteiger charge is 1.78. The van der Waals surface area contributed by atoms with Gasteiger partial charge < -0.3 is 6.15 Å². The van der Waals surface area contributed by atoms with E-state index in [9.17, 15) is 0 Å². The lowest BCUT2D eigenvalue weighted by Crippen LogP contribution is -1.62. The summed E-state index contributed by atoms with van der Waals surface area (Å²) in [7, 11) is 0. The average molecular weight is 122 g/mol. The summed E-state index contributed by atoms with van der Waals surface area (Å²) in [5.74, 6) is 0. The van der Waals surface area contributed by atoms with Crippen molar-refractivity contribution in [3.63, 3.8) is 0 Å². The van der Waals surface area contributed by atoms with Crippen molar-refractivity contribution in [2.45, 2.75) is 20.8 Å². The molecule has 0 aliphatic rings. The van der Waals surface area contributed by atoms with Gasteiger partial charge in [0.2, 0.25) is 0 Å². The molecule has 0 saturated carbocycles. The molecule has 0 fully saturated rings. The van der Waals surface area contributed by atoms with Crippen LogP contribution < -0.4 is 6.15 Å². The molecule has 0 bridgehead atoms.